The van der Waals surface area contributed by atoms with E-state index in [0.717, 1.165) is 13.1 Å². The molecule has 0 bridgehead atoms. The van der Waals surface area contributed by atoms with Crippen molar-refractivity contribution in [3.8, 4) is 0 Å². The summed E-state index contributed by atoms with van der Waals surface area (Å²) in [6.07, 6.45) is 0. The maximum absolute atomic E-state index is 14.4. The van der Waals surface area contributed by atoms with E-state index in [1.165, 1.54) is 6.07 Å². The molecule has 2 rings (SSSR count). The van der Waals surface area contributed by atoms with Crippen molar-refractivity contribution in [2.45, 2.75) is 32.5 Å². The second-order valence-corrected chi connectivity index (χ2v) is 5.82. The van der Waals surface area contributed by atoms with Crippen LogP contribution in [0.15, 0.2) is 23.4 Å². The summed E-state index contributed by atoms with van der Waals surface area (Å²) in [5.74, 6) is -0.610. The molecule has 1 aromatic rings. The van der Waals surface area contributed by atoms with Gasteiger partial charge in [0.15, 0.2) is 5.84 Å². The van der Waals surface area contributed by atoms with E-state index in [2.05, 4.69) is 35.9 Å². The van der Waals surface area contributed by atoms with Crippen molar-refractivity contribution in [1.29, 1.82) is 0 Å². The maximum atomic E-state index is 14.4. The topological polar surface area (TPSA) is 65.1 Å². The quantitative estimate of drug-likeness (QED) is 0.383. The van der Waals surface area contributed by atoms with Crippen molar-refractivity contribution in [2.24, 2.45) is 10.9 Å². The molecule has 1 fully saturated rings. The first kappa shape index (κ1) is 15.7. The van der Waals surface area contributed by atoms with Crippen LogP contribution < -0.4 is 5.73 Å². The van der Waals surface area contributed by atoms with Crippen LogP contribution in [0.5, 0.6) is 0 Å². The van der Waals surface area contributed by atoms with E-state index in [4.69, 9.17) is 10.9 Å². The molecule has 116 valence electrons. The summed E-state index contributed by atoms with van der Waals surface area (Å²) in [5.41, 5.74) is 6.22. The predicted octanol–water partition coefficient (Wildman–Crippen LogP) is 1.44. The normalized spacial score (nSPS) is 25.2. The van der Waals surface area contributed by atoms with Gasteiger partial charge in [0, 0.05) is 37.3 Å². The third-order valence-corrected chi connectivity index (χ3v) is 4.29. The minimum absolute atomic E-state index is 0.144. The molecule has 0 amide bonds. The number of benzene rings is 1. The molecule has 1 aliphatic heterocycles. The molecule has 1 aliphatic rings. The molecule has 3 N–H and O–H groups in total. The zero-order chi connectivity index (χ0) is 15.6. The van der Waals surface area contributed by atoms with Crippen LogP contribution >= 0.6 is 0 Å². The number of nitrogens with two attached hydrogens (primary N) is 1. The fourth-order valence-electron chi connectivity index (χ4n) is 2.84. The van der Waals surface area contributed by atoms with Gasteiger partial charge in [-0.1, -0.05) is 17.3 Å². The monoisotopic (exact) mass is 294 g/mol. The molecule has 0 radical (unpaired) electrons. The van der Waals surface area contributed by atoms with Gasteiger partial charge in [0.1, 0.15) is 5.82 Å². The van der Waals surface area contributed by atoms with E-state index in [1.54, 1.807) is 12.1 Å². The van der Waals surface area contributed by atoms with Crippen LogP contribution in [0, 0.1) is 5.82 Å². The highest BCUT2D eigenvalue weighted by molar-refractivity contribution is 5.97. The summed E-state index contributed by atoms with van der Waals surface area (Å²) < 4.78 is 14.4. The number of hydrogen-bond donors (Lipinski definition) is 2. The molecule has 1 saturated heterocycles. The average Bonchev–Trinajstić information content (AvgIpc) is 2.46. The van der Waals surface area contributed by atoms with Crippen molar-refractivity contribution in [2.75, 3.05) is 20.1 Å². The highest BCUT2D eigenvalue weighted by Crippen LogP contribution is 2.19. The molecular formula is C15H23FN4O. The Bertz CT molecular complexity index is 522. The summed E-state index contributed by atoms with van der Waals surface area (Å²) in [6.45, 7) is 6.67. The summed E-state index contributed by atoms with van der Waals surface area (Å²) in [7, 11) is 2.12. The summed E-state index contributed by atoms with van der Waals surface area (Å²) >= 11 is 0. The van der Waals surface area contributed by atoms with Gasteiger partial charge in [0.05, 0.1) is 5.56 Å². The van der Waals surface area contributed by atoms with Crippen LogP contribution in [0.2, 0.25) is 0 Å². The van der Waals surface area contributed by atoms with E-state index in [1.807, 2.05) is 0 Å². The molecule has 21 heavy (non-hydrogen) atoms. The van der Waals surface area contributed by atoms with Crippen LogP contribution in [0.1, 0.15) is 25.0 Å². The number of oxime groups is 1. The Morgan fingerprint density at radius 2 is 2.00 bits per heavy atom. The van der Waals surface area contributed by atoms with Gasteiger partial charge in [-0.15, -0.1) is 0 Å². The zero-order valence-electron chi connectivity index (χ0n) is 12.8. The Hall–Kier alpha value is -1.66. The lowest BCUT2D eigenvalue weighted by molar-refractivity contribution is 0.0550. The average molecular weight is 294 g/mol. The first-order valence-corrected chi connectivity index (χ1v) is 7.13. The van der Waals surface area contributed by atoms with E-state index in [-0.39, 0.29) is 11.4 Å². The van der Waals surface area contributed by atoms with E-state index in [9.17, 15) is 4.39 Å². The number of hydrogen-bond acceptors (Lipinski definition) is 4. The molecule has 1 heterocycles. The van der Waals surface area contributed by atoms with Crippen molar-refractivity contribution in [3.63, 3.8) is 0 Å². The number of likely N-dealkylation sites (N-methyl/N-ethyl adjacent to an activating group) is 1. The van der Waals surface area contributed by atoms with E-state index < -0.39 is 5.82 Å². The van der Waals surface area contributed by atoms with E-state index >= 15 is 0 Å². The second kappa shape index (κ2) is 6.41. The minimum atomic E-state index is -0.410. The van der Waals surface area contributed by atoms with Crippen molar-refractivity contribution < 1.29 is 9.60 Å². The van der Waals surface area contributed by atoms with Gasteiger partial charge in [-0.25, -0.2) is 4.39 Å². The van der Waals surface area contributed by atoms with Crippen LogP contribution in [0.4, 0.5) is 4.39 Å². The van der Waals surface area contributed by atoms with Crippen molar-refractivity contribution in [3.05, 3.63) is 35.1 Å². The van der Waals surface area contributed by atoms with Gasteiger partial charge in [0.25, 0.3) is 0 Å². The number of nitrogens with zero attached hydrogens (tertiary/aromatic N) is 3. The number of amidine groups is 1. The third-order valence-electron chi connectivity index (χ3n) is 4.29. The van der Waals surface area contributed by atoms with Gasteiger partial charge in [0.2, 0.25) is 0 Å². The molecular weight excluding hydrogens is 271 g/mol. The van der Waals surface area contributed by atoms with Gasteiger partial charge in [-0.2, -0.15) is 0 Å². The van der Waals surface area contributed by atoms with Crippen LogP contribution in [0.3, 0.4) is 0 Å². The number of piperazine rings is 1. The Morgan fingerprint density at radius 3 is 2.57 bits per heavy atom. The maximum Gasteiger partial charge on any atom is 0.173 e. The standard InChI is InChI=1S/C15H23FN4O/c1-10-7-20(8-11(2)19(10)3)9-12-5-4-6-13(14(12)16)15(17)18-21/h4-6,10-11,21H,7-9H2,1-3H3,(H2,17,18). The van der Waals surface area contributed by atoms with E-state index in [0.29, 0.717) is 24.2 Å². The second-order valence-electron chi connectivity index (χ2n) is 5.82. The third kappa shape index (κ3) is 3.33. The summed E-state index contributed by atoms with van der Waals surface area (Å²) in [6, 6.07) is 5.86. The molecule has 0 saturated carbocycles. The lowest BCUT2D eigenvalue weighted by Gasteiger charge is -2.42. The van der Waals surface area contributed by atoms with Gasteiger partial charge in [-0.05, 0) is 27.0 Å². The zero-order valence-corrected chi connectivity index (χ0v) is 12.8. The summed E-state index contributed by atoms with van der Waals surface area (Å²) in [4.78, 5) is 4.57. The molecule has 2 atom stereocenters. The van der Waals surface area contributed by atoms with Crippen LogP contribution in [-0.2, 0) is 6.54 Å². The molecule has 6 heteroatoms. The smallest absolute Gasteiger partial charge is 0.173 e. The lowest BCUT2D eigenvalue weighted by Crippen LogP contribution is -2.54. The Balaban J connectivity index is 2.17. The molecule has 2 unspecified atom stereocenters. The number of rotatable bonds is 3. The lowest BCUT2D eigenvalue weighted by atomic mass is 10.1. The fourth-order valence-corrected chi connectivity index (χ4v) is 2.84. The van der Waals surface area contributed by atoms with Crippen LogP contribution in [-0.4, -0.2) is 53.1 Å². The highest BCUT2D eigenvalue weighted by Gasteiger charge is 2.27. The van der Waals surface area contributed by atoms with Crippen LogP contribution in [0.25, 0.3) is 0 Å². The first-order chi connectivity index (χ1) is 9.93. The van der Waals surface area contributed by atoms with Gasteiger partial charge in [-0.3, -0.25) is 9.80 Å². The Kier molecular flexibility index (Phi) is 4.80. The van der Waals surface area contributed by atoms with Crippen molar-refractivity contribution >= 4 is 5.84 Å². The minimum Gasteiger partial charge on any atom is -0.409 e. The van der Waals surface area contributed by atoms with Crippen molar-refractivity contribution in [1.82, 2.24) is 9.80 Å². The van der Waals surface area contributed by atoms with Gasteiger partial charge < -0.3 is 10.9 Å². The molecule has 0 aliphatic carbocycles. The Morgan fingerprint density at radius 1 is 1.38 bits per heavy atom. The van der Waals surface area contributed by atoms with Gasteiger partial charge >= 0.3 is 0 Å². The largest absolute Gasteiger partial charge is 0.409 e. The predicted molar refractivity (Wildman–Crippen MR) is 80.9 cm³/mol. The molecule has 1 aromatic carbocycles. The first-order valence-electron chi connectivity index (χ1n) is 7.13. The summed E-state index contributed by atoms with van der Waals surface area (Å²) in [5, 5.41) is 11.6. The number of halogens is 1. The SMILES string of the molecule is CC1CN(Cc2cccc(/C(N)=N/O)c2F)CC(C)N1C. The molecule has 0 aromatic heterocycles. The molecule has 5 nitrogen and oxygen atoms in total. The highest BCUT2D eigenvalue weighted by atomic mass is 19.1. The fraction of sp³-hybridized carbons (Fsp3) is 0.533. The molecule has 0 spiro atoms. The Labute approximate surface area is 124 Å².